The molecule has 1 rings (SSSR count). The van der Waals surface area contributed by atoms with Gasteiger partial charge in [0, 0.05) is 0 Å². The van der Waals surface area contributed by atoms with Gasteiger partial charge < -0.3 is 10.8 Å². The lowest BCUT2D eigenvalue weighted by molar-refractivity contribution is 0.0117. The van der Waals surface area contributed by atoms with Crippen LogP contribution in [0.2, 0.25) is 0 Å². The van der Waals surface area contributed by atoms with Crippen LogP contribution in [0.25, 0.3) is 0 Å². The number of aliphatic hydroxyl groups is 1. The smallest absolute Gasteiger partial charge is 0.0611 e. The average Bonchev–Trinajstić information content (AvgIpc) is 2.37. The molecule has 108 valence electrons. The highest BCUT2D eigenvalue weighted by Crippen LogP contribution is 2.36. The zero-order valence-electron chi connectivity index (χ0n) is 12.6. The third-order valence-electron chi connectivity index (χ3n) is 4.91. The van der Waals surface area contributed by atoms with Crippen LogP contribution >= 0.6 is 0 Å². The summed E-state index contributed by atoms with van der Waals surface area (Å²) in [5.74, 6) is 2.19. The molecule has 1 aliphatic rings. The van der Waals surface area contributed by atoms with Crippen molar-refractivity contribution in [1.29, 1.82) is 0 Å². The van der Waals surface area contributed by atoms with E-state index in [-0.39, 0.29) is 12.0 Å². The third kappa shape index (κ3) is 4.55. The van der Waals surface area contributed by atoms with Crippen LogP contribution < -0.4 is 5.73 Å². The van der Waals surface area contributed by atoms with Gasteiger partial charge in [0.25, 0.3) is 0 Å². The lowest BCUT2D eigenvalue weighted by atomic mass is 9.73. The van der Waals surface area contributed by atoms with Crippen LogP contribution in [0.15, 0.2) is 0 Å². The van der Waals surface area contributed by atoms with Crippen molar-refractivity contribution < 1.29 is 5.11 Å². The SMILES string of the molecule is CCCCC1CCC(C(O)C(CN)C(C)C)CC1. The number of hydrogen-bond acceptors (Lipinski definition) is 2. The predicted octanol–water partition coefficient (Wildman–Crippen LogP) is 3.57. The van der Waals surface area contributed by atoms with Crippen LogP contribution in [0.1, 0.15) is 65.7 Å². The fourth-order valence-corrected chi connectivity index (χ4v) is 3.47. The number of unbranched alkanes of at least 4 members (excludes halogenated alkanes) is 1. The molecule has 1 saturated carbocycles. The zero-order chi connectivity index (χ0) is 13.5. The molecule has 3 N–H and O–H groups in total. The summed E-state index contributed by atoms with van der Waals surface area (Å²) >= 11 is 0. The normalized spacial score (nSPS) is 28.3. The van der Waals surface area contributed by atoms with Crippen molar-refractivity contribution in [3.63, 3.8) is 0 Å². The Kier molecular flexibility index (Phi) is 7.25. The molecule has 0 saturated heterocycles. The van der Waals surface area contributed by atoms with Gasteiger partial charge in [0.2, 0.25) is 0 Å². The molecule has 0 aromatic rings. The van der Waals surface area contributed by atoms with Crippen molar-refractivity contribution in [3.8, 4) is 0 Å². The molecule has 1 aliphatic carbocycles. The average molecular weight is 255 g/mol. The van der Waals surface area contributed by atoms with E-state index in [1.807, 2.05) is 0 Å². The standard InChI is InChI=1S/C16H33NO/c1-4-5-6-13-7-9-14(10-8-13)16(18)15(11-17)12(2)3/h12-16,18H,4-11,17H2,1-3H3. The van der Waals surface area contributed by atoms with Gasteiger partial charge >= 0.3 is 0 Å². The largest absolute Gasteiger partial charge is 0.392 e. The first-order valence-electron chi connectivity index (χ1n) is 7.98. The van der Waals surface area contributed by atoms with Gasteiger partial charge in [0.05, 0.1) is 6.10 Å². The van der Waals surface area contributed by atoms with Gasteiger partial charge in [0.15, 0.2) is 0 Å². The minimum atomic E-state index is -0.179. The molecular weight excluding hydrogens is 222 g/mol. The molecule has 2 nitrogen and oxygen atoms in total. The summed E-state index contributed by atoms with van der Waals surface area (Å²) < 4.78 is 0. The van der Waals surface area contributed by atoms with Gasteiger partial charge in [-0.1, -0.05) is 52.9 Å². The maximum Gasteiger partial charge on any atom is 0.0611 e. The van der Waals surface area contributed by atoms with E-state index in [2.05, 4.69) is 20.8 Å². The van der Waals surface area contributed by atoms with E-state index in [1.165, 1.54) is 44.9 Å². The molecule has 2 unspecified atom stereocenters. The Morgan fingerprint density at radius 3 is 2.22 bits per heavy atom. The Morgan fingerprint density at radius 1 is 1.17 bits per heavy atom. The first-order chi connectivity index (χ1) is 8.60. The van der Waals surface area contributed by atoms with E-state index >= 15 is 0 Å². The van der Waals surface area contributed by atoms with E-state index in [9.17, 15) is 5.11 Å². The summed E-state index contributed by atoms with van der Waals surface area (Å²) in [6, 6.07) is 0. The van der Waals surface area contributed by atoms with Gasteiger partial charge in [-0.2, -0.15) is 0 Å². The highest BCUT2D eigenvalue weighted by molar-refractivity contribution is 4.83. The van der Waals surface area contributed by atoms with E-state index < -0.39 is 0 Å². The maximum atomic E-state index is 10.5. The fourth-order valence-electron chi connectivity index (χ4n) is 3.47. The van der Waals surface area contributed by atoms with Crippen molar-refractivity contribution in [1.82, 2.24) is 0 Å². The van der Waals surface area contributed by atoms with Crippen LogP contribution in [0, 0.1) is 23.7 Å². The van der Waals surface area contributed by atoms with Crippen LogP contribution in [0.3, 0.4) is 0 Å². The Balaban J connectivity index is 2.37. The van der Waals surface area contributed by atoms with Crippen molar-refractivity contribution in [2.45, 2.75) is 71.8 Å². The lowest BCUT2D eigenvalue weighted by Gasteiger charge is -2.36. The molecule has 2 atom stereocenters. The van der Waals surface area contributed by atoms with E-state index in [0.717, 1.165) is 5.92 Å². The Labute approximate surface area is 113 Å². The molecule has 1 fully saturated rings. The molecule has 18 heavy (non-hydrogen) atoms. The summed E-state index contributed by atoms with van der Waals surface area (Å²) in [6.45, 7) is 7.24. The van der Waals surface area contributed by atoms with Crippen LogP contribution in [0.4, 0.5) is 0 Å². The topological polar surface area (TPSA) is 46.2 Å². The van der Waals surface area contributed by atoms with E-state index in [1.54, 1.807) is 0 Å². The summed E-state index contributed by atoms with van der Waals surface area (Å²) in [7, 11) is 0. The highest BCUT2D eigenvalue weighted by Gasteiger charge is 2.31. The molecule has 0 aliphatic heterocycles. The highest BCUT2D eigenvalue weighted by atomic mass is 16.3. The molecular formula is C16H33NO. The van der Waals surface area contributed by atoms with Crippen molar-refractivity contribution in [3.05, 3.63) is 0 Å². The number of aliphatic hydroxyl groups excluding tert-OH is 1. The number of nitrogens with two attached hydrogens (primary N) is 1. The van der Waals surface area contributed by atoms with Gasteiger partial charge in [-0.25, -0.2) is 0 Å². The Morgan fingerprint density at radius 2 is 1.78 bits per heavy atom. The van der Waals surface area contributed by atoms with Crippen molar-refractivity contribution >= 4 is 0 Å². The quantitative estimate of drug-likeness (QED) is 0.730. The fraction of sp³-hybridized carbons (Fsp3) is 1.00. The van der Waals surface area contributed by atoms with Crippen LogP contribution in [0.5, 0.6) is 0 Å². The molecule has 0 heterocycles. The second-order valence-corrected chi connectivity index (χ2v) is 6.56. The zero-order valence-corrected chi connectivity index (χ0v) is 12.6. The summed E-state index contributed by atoms with van der Waals surface area (Å²) in [5, 5.41) is 10.5. The Hall–Kier alpha value is -0.0800. The summed E-state index contributed by atoms with van der Waals surface area (Å²) in [4.78, 5) is 0. The second kappa shape index (κ2) is 8.16. The predicted molar refractivity (Wildman–Crippen MR) is 78.4 cm³/mol. The summed E-state index contributed by atoms with van der Waals surface area (Å²) in [6.07, 6.45) is 8.94. The third-order valence-corrected chi connectivity index (χ3v) is 4.91. The van der Waals surface area contributed by atoms with Crippen molar-refractivity contribution in [2.24, 2.45) is 29.4 Å². The first kappa shape index (κ1) is 16.0. The van der Waals surface area contributed by atoms with Gasteiger partial charge in [-0.3, -0.25) is 0 Å². The second-order valence-electron chi connectivity index (χ2n) is 6.56. The number of hydrogen-bond donors (Lipinski definition) is 2. The molecule has 0 radical (unpaired) electrons. The summed E-state index contributed by atoms with van der Waals surface area (Å²) in [5.41, 5.74) is 5.81. The Bertz CT molecular complexity index is 209. The molecule has 0 amide bonds. The molecule has 0 aromatic heterocycles. The van der Waals surface area contributed by atoms with E-state index in [4.69, 9.17) is 5.73 Å². The molecule has 0 aromatic carbocycles. The lowest BCUT2D eigenvalue weighted by Crippen LogP contribution is -2.38. The number of rotatable bonds is 7. The van der Waals surface area contributed by atoms with E-state index in [0.29, 0.717) is 18.4 Å². The van der Waals surface area contributed by atoms with Gasteiger partial charge in [0.1, 0.15) is 0 Å². The minimum absolute atomic E-state index is 0.179. The van der Waals surface area contributed by atoms with Crippen molar-refractivity contribution in [2.75, 3.05) is 6.54 Å². The van der Waals surface area contributed by atoms with Crippen LogP contribution in [-0.2, 0) is 0 Å². The van der Waals surface area contributed by atoms with Gasteiger partial charge in [-0.15, -0.1) is 0 Å². The maximum absolute atomic E-state index is 10.5. The molecule has 0 spiro atoms. The molecule has 2 heteroatoms. The van der Waals surface area contributed by atoms with Gasteiger partial charge in [-0.05, 0) is 43.1 Å². The monoisotopic (exact) mass is 255 g/mol. The minimum Gasteiger partial charge on any atom is -0.392 e. The molecule has 0 bridgehead atoms. The first-order valence-corrected chi connectivity index (χ1v) is 7.98. The van der Waals surface area contributed by atoms with Crippen LogP contribution in [-0.4, -0.2) is 17.8 Å².